The second-order valence-corrected chi connectivity index (χ2v) is 3.90. The Balaban J connectivity index is 2.63. The predicted molar refractivity (Wildman–Crippen MR) is 61.3 cm³/mol. The molecule has 0 aromatic heterocycles. The van der Waals surface area contributed by atoms with Crippen LogP contribution in [0.4, 0.5) is 8.78 Å². The van der Waals surface area contributed by atoms with Crippen LogP contribution < -0.4 is 5.32 Å². The van der Waals surface area contributed by atoms with E-state index in [-0.39, 0.29) is 25.0 Å². The first kappa shape index (κ1) is 15.0. The van der Waals surface area contributed by atoms with E-state index in [1.54, 1.807) is 0 Å². The lowest BCUT2D eigenvalue weighted by Crippen LogP contribution is -2.42. The van der Waals surface area contributed by atoms with Crippen LogP contribution in [0.3, 0.4) is 0 Å². The van der Waals surface area contributed by atoms with E-state index in [1.165, 1.54) is 6.07 Å². The maximum Gasteiger partial charge on any atom is 0.326 e. The van der Waals surface area contributed by atoms with Crippen molar-refractivity contribution in [3.8, 4) is 0 Å². The number of aliphatic hydroxyl groups is 1. The lowest BCUT2D eigenvalue weighted by atomic mass is 10.1. The van der Waals surface area contributed by atoms with E-state index in [0.29, 0.717) is 0 Å². The zero-order valence-electron chi connectivity index (χ0n) is 9.90. The highest BCUT2D eigenvalue weighted by molar-refractivity contribution is 5.84. The fourth-order valence-corrected chi connectivity index (χ4v) is 1.47. The number of carboxylic acids is 1. The van der Waals surface area contributed by atoms with E-state index in [1.807, 2.05) is 0 Å². The predicted octanol–water partition coefficient (Wildman–Crippen LogP) is 0.459. The van der Waals surface area contributed by atoms with E-state index in [2.05, 4.69) is 5.32 Å². The zero-order valence-corrected chi connectivity index (χ0v) is 9.90. The van der Waals surface area contributed by atoms with Gasteiger partial charge < -0.3 is 15.5 Å². The van der Waals surface area contributed by atoms with Gasteiger partial charge in [-0.15, -0.1) is 0 Å². The Kier molecular flexibility index (Phi) is 5.37. The van der Waals surface area contributed by atoms with E-state index < -0.39 is 29.6 Å². The Labute approximate surface area is 107 Å². The Hall–Kier alpha value is -2.02. The quantitative estimate of drug-likeness (QED) is 0.702. The number of amides is 1. The topological polar surface area (TPSA) is 86.6 Å². The molecule has 1 aromatic carbocycles. The van der Waals surface area contributed by atoms with Crippen molar-refractivity contribution in [2.24, 2.45) is 0 Å². The summed E-state index contributed by atoms with van der Waals surface area (Å²) in [7, 11) is 0. The van der Waals surface area contributed by atoms with Gasteiger partial charge in [0.05, 0.1) is 6.42 Å². The summed E-state index contributed by atoms with van der Waals surface area (Å²) in [4.78, 5) is 22.3. The molecule has 5 nitrogen and oxygen atoms in total. The van der Waals surface area contributed by atoms with Crippen LogP contribution in [0.15, 0.2) is 18.2 Å². The maximum absolute atomic E-state index is 12.9. The van der Waals surface area contributed by atoms with E-state index in [9.17, 15) is 18.4 Å². The number of hydrogen-bond donors (Lipinski definition) is 3. The van der Waals surface area contributed by atoms with Gasteiger partial charge in [0.1, 0.15) is 6.04 Å². The molecule has 0 spiro atoms. The van der Waals surface area contributed by atoms with E-state index in [4.69, 9.17) is 10.2 Å². The normalized spacial score (nSPS) is 11.9. The number of hydrogen-bond acceptors (Lipinski definition) is 3. The van der Waals surface area contributed by atoms with Gasteiger partial charge in [0.25, 0.3) is 0 Å². The lowest BCUT2D eigenvalue weighted by Gasteiger charge is -2.13. The second-order valence-electron chi connectivity index (χ2n) is 3.90. The molecule has 0 unspecified atom stereocenters. The molecule has 1 rings (SSSR count). The number of aliphatic carboxylic acids is 1. The first-order chi connectivity index (χ1) is 8.93. The van der Waals surface area contributed by atoms with Gasteiger partial charge in [-0.2, -0.15) is 0 Å². The van der Waals surface area contributed by atoms with Gasteiger partial charge in [-0.1, -0.05) is 6.07 Å². The molecule has 19 heavy (non-hydrogen) atoms. The minimum absolute atomic E-state index is 0.126. The third-order valence-electron chi connectivity index (χ3n) is 2.40. The van der Waals surface area contributed by atoms with Gasteiger partial charge in [-0.3, -0.25) is 4.79 Å². The number of rotatable bonds is 6. The van der Waals surface area contributed by atoms with Crippen LogP contribution >= 0.6 is 0 Å². The molecule has 0 fully saturated rings. The summed E-state index contributed by atoms with van der Waals surface area (Å²) in [6, 6.07) is 1.79. The summed E-state index contributed by atoms with van der Waals surface area (Å²) in [5.41, 5.74) is 0.226. The Bertz CT molecular complexity index is 479. The molecule has 0 radical (unpaired) electrons. The highest BCUT2D eigenvalue weighted by Crippen LogP contribution is 2.09. The highest BCUT2D eigenvalue weighted by Gasteiger charge is 2.19. The number of carbonyl (C=O) groups excluding carboxylic acids is 1. The molecule has 0 aliphatic carbocycles. The van der Waals surface area contributed by atoms with Gasteiger partial charge in [-0.05, 0) is 17.7 Å². The summed E-state index contributed by atoms with van der Waals surface area (Å²) in [5.74, 6) is -4.01. The van der Waals surface area contributed by atoms with Crippen LogP contribution in [-0.4, -0.2) is 34.7 Å². The van der Waals surface area contributed by atoms with Crippen molar-refractivity contribution >= 4 is 11.9 Å². The zero-order chi connectivity index (χ0) is 14.4. The van der Waals surface area contributed by atoms with Crippen molar-refractivity contribution < 1.29 is 28.6 Å². The standard InChI is InChI=1S/C12H13F2NO4/c13-8-2-1-7(5-9(8)14)6-11(17)15-10(3-4-16)12(18)19/h1-2,5,10,16H,3-4,6H2,(H,15,17)(H,18,19)/t10-/m0/s1. The minimum atomic E-state index is -1.27. The van der Waals surface area contributed by atoms with E-state index in [0.717, 1.165) is 12.1 Å². The molecule has 104 valence electrons. The van der Waals surface area contributed by atoms with Gasteiger partial charge >= 0.3 is 5.97 Å². The average molecular weight is 273 g/mol. The Morgan fingerprint density at radius 2 is 1.95 bits per heavy atom. The molecule has 3 N–H and O–H groups in total. The molecule has 0 saturated carbocycles. The van der Waals surface area contributed by atoms with Crippen LogP contribution in [0.1, 0.15) is 12.0 Å². The molecule has 0 bridgehead atoms. The van der Waals surface area contributed by atoms with Crippen molar-refractivity contribution in [1.82, 2.24) is 5.32 Å². The monoisotopic (exact) mass is 273 g/mol. The molecule has 1 amide bonds. The second kappa shape index (κ2) is 6.79. The third-order valence-corrected chi connectivity index (χ3v) is 2.40. The molecular weight excluding hydrogens is 260 g/mol. The number of carboxylic acid groups (broad SMARTS) is 1. The van der Waals surface area contributed by atoms with Gasteiger partial charge in [0.2, 0.25) is 5.91 Å². The van der Waals surface area contributed by atoms with Gasteiger partial charge in [0, 0.05) is 13.0 Å². The smallest absolute Gasteiger partial charge is 0.326 e. The minimum Gasteiger partial charge on any atom is -0.480 e. The SMILES string of the molecule is O=C(Cc1ccc(F)c(F)c1)N[C@@H](CCO)C(=O)O. The molecule has 0 heterocycles. The Morgan fingerprint density at radius 1 is 1.26 bits per heavy atom. The van der Waals surface area contributed by atoms with Gasteiger partial charge in [0.15, 0.2) is 11.6 Å². The average Bonchev–Trinajstić information content (AvgIpc) is 2.33. The molecular formula is C12H13F2NO4. The highest BCUT2D eigenvalue weighted by atomic mass is 19.2. The number of benzene rings is 1. The number of aliphatic hydroxyl groups excluding tert-OH is 1. The van der Waals surface area contributed by atoms with Crippen molar-refractivity contribution in [2.75, 3.05) is 6.61 Å². The number of halogens is 2. The summed E-state index contributed by atoms with van der Waals surface area (Å²) in [5, 5.41) is 19.6. The van der Waals surface area contributed by atoms with Crippen LogP contribution in [0.2, 0.25) is 0 Å². The first-order valence-electron chi connectivity index (χ1n) is 5.51. The lowest BCUT2D eigenvalue weighted by molar-refractivity contribution is -0.142. The summed E-state index contributed by atoms with van der Waals surface area (Å²) < 4.78 is 25.6. The van der Waals surface area contributed by atoms with Crippen LogP contribution in [0.5, 0.6) is 0 Å². The molecule has 0 aliphatic rings. The molecule has 0 aliphatic heterocycles. The maximum atomic E-state index is 12.9. The fraction of sp³-hybridized carbons (Fsp3) is 0.333. The summed E-state index contributed by atoms with van der Waals surface area (Å²) in [6.07, 6.45) is -0.398. The van der Waals surface area contributed by atoms with Crippen molar-refractivity contribution in [3.05, 3.63) is 35.4 Å². The summed E-state index contributed by atoms with van der Waals surface area (Å²) >= 11 is 0. The molecule has 1 atom stereocenters. The Morgan fingerprint density at radius 3 is 2.47 bits per heavy atom. The number of nitrogens with one attached hydrogen (secondary N) is 1. The number of carbonyl (C=O) groups is 2. The molecule has 0 saturated heterocycles. The molecule has 1 aromatic rings. The van der Waals surface area contributed by atoms with E-state index >= 15 is 0 Å². The van der Waals surface area contributed by atoms with Crippen LogP contribution in [0, 0.1) is 11.6 Å². The van der Waals surface area contributed by atoms with Crippen molar-refractivity contribution in [2.45, 2.75) is 18.9 Å². The third kappa shape index (κ3) is 4.63. The van der Waals surface area contributed by atoms with Gasteiger partial charge in [-0.25, -0.2) is 13.6 Å². The van der Waals surface area contributed by atoms with Crippen LogP contribution in [0.25, 0.3) is 0 Å². The summed E-state index contributed by atoms with van der Waals surface area (Å²) in [6.45, 7) is -0.386. The molecule has 7 heteroatoms. The first-order valence-corrected chi connectivity index (χ1v) is 5.51. The largest absolute Gasteiger partial charge is 0.480 e. The van der Waals surface area contributed by atoms with Crippen LogP contribution in [-0.2, 0) is 16.0 Å². The van der Waals surface area contributed by atoms with Crippen molar-refractivity contribution in [1.29, 1.82) is 0 Å². The fourth-order valence-electron chi connectivity index (χ4n) is 1.47. The van der Waals surface area contributed by atoms with Crippen molar-refractivity contribution in [3.63, 3.8) is 0 Å².